The van der Waals surface area contributed by atoms with Crippen LogP contribution in [-0.2, 0) is 6.54 Å². The molecule has 1 aliphatic rings. The van der Waals surface area contributed by atoms with Gasteiger partial charge in [-0.05, 0) is 44.0 Å². The van der Waals surface area contributed by atoms with E-state index in [4.69, 9.17) is 4.98 Å². The molecule has 7 nitrogen and oxygen atoms in total. The van der Waals surface area contributed by atoms with Crippen molar-refractivity contribution in [2.45, 2.75) is 38.8 Å². The van der Waals surface area contributed by atoms with Crippen LogP contribution in [0.1, 0.15) is 30.8 Å². The summed E-state index contributed by atoms with van der Waals surface area (Å²) in [5.74, 6) is 0.925. The zero-order valence-corrected chi connectivity index (χ0v) is 15.2. The molecule has 0 amide bonds. The second-order valence-electron chi connectivity index (χ2n) is 7.06. The molecular formula is C20H21N7. The summed E-state index contributed by atoms with van der Waals surface area (Å²) in [6.45, 7) is 2.73. The molecule has 0 aromatic carbocycles. The predicted molar refractivity (Wildman–Crippen MR) is 103 cm³/mol. The summed E-state index contributed by atoms with van der Waals surface area (Å²) in [5.41, 5.74) is 5.49. The van der Waals surface area contributed by atoms with Crippen molar-refractivity contribution >= 4 is 5.65 Å². The first kappa shape index (κ1) is 16.1. The lowest BCUT2D eigenvalue weighted by Crippen LogP contribution is -2.34. The molecular weight excluding hydrogens is 338 g/mol. The van der Waals surface area contributed by atoms with Gasteiger partial charge >= 0.3 is 0 Å². The summed E-state index contributed by atoms with van der Waals surface area (Å²) in [5, 5.41) is 7.82. The van der Waals surface area contributed by atoms with E-state index < -0.39 is 0 Å². The van der Waals surface area contributed by atoms with Crippen LogP contribution < -0.4 is 5.32 Å². The van der Waals surface area contributed by atoms with Crippen molar-refractivity contribution in [3.05, 3.63) is 54.4 Å². The van der Waals surface area contributed by atoms with Crippen LogP contribution in [0.3, 0.4) is 0 Å². The van der Waals surface area contributed by atoms with E-state index in [0.29, 0.717) is 6.04 Å². The standard InChI is InChI=1S/C20H21N7/c1-13-4-2-7-16(24-13)20-19(14-8-9-18-22-12-23-27(18)11-14)25-17(26-20)10-21-15-5-3-6-15/h2,4,7-9,11-12,15,21H,3,5-6,10H2,1H3,(H,25,26). The Morgan fingerprint density at radius 1 is 1.19 bits per heavy atom. The van der Waals surface area contributed by atoms with Gasteiger partial charge < -0.3 is 10.3 Å². The Bertz CT molecular complexity index is 1090. The van der Waals surface area contributed by atoms with Gasteiger partial charge in [0.1, 0.15) is 17.8 Å². The smallest absolute Gasteiger partial charge is 0.155 e. The third kappa shape index (κ3) is 3.10. The van der Waals surface area contributed by atoms with Crippen LogP contribution in [0.15, 0.2) is 42.9 Å². The van der Waals surface area contributed by atoms with E-state index in [1.165, 1.54) is 19.3 Å². The number of H-pyrrole nitrogens is 1. The average Bonchev–Trinajstić information content (AvgIpc) is 3.26. The quantitative estimate of drug-likeness (QED) is 0.572. The molecule has 0 atom stereocenters. The summed E-state index contributed by atoms with van der Waals surface area (Å²) in [4.78, 5) is 17.3. The maximum absolute atomic E-state index is 4.87. The molecule has 136 valence electrons. The summed E-state index contributed by atoms with van der Waals surface area (Å²) >= 11 is 0. The number of pyridine rings is 2. The zero-order valence-electron chi connectivity index (χ0n) is 15.2. The number of aryl methyl sites for hydroxylation is 1. The Morgan fingerprint density at radius 3 is 2.93 bits per heavy atom. The Labute approximate surface area is 156 Å². The minimum Gasteiger partial charge on any atom is -0.340 e. The van der Waals surface area contributed by atoms with Crippen LogP contribution in [0.4, 0.5) is 0 Å². The van der Waals surface area contributed by atoms with Gasteiger partial charge in [0.05, 0.1) is 17.9 Å². The number of nitrogens with one attached hydrogen (secondary N) is 2. The molecule has 0 radical (unpaired) electrons. The topological polar surface area (TPSA) is 83.8 Å². The second kappa shape index (κ2) is 6.59. The molecule has 7 heteroatoms. The van der Waals surface area contributed by atoms with Gasteiger partial charge in [-0.15, -0.1) is 0 Å². The Morgan fingerprint density at radius 2 is 2.11 bits per heavy atom. The van der Waals surface area contributed by atoms with E-state index in [1.807, 2.05) is 43.5 Å². The molecule has 0 saturated heterocycles. The van der Waals surface area contributed by atoms with Crippen LogP contribution in [0.25, 0.3) is 28.3 Å². The lowest BCUT2D eigenvalue weighted by atomic mass is 9.93. The van der Waals surface area contributed by atoms with Gasteiger partial charge in [-0.25, -0.2) is 14.5 Å². The highest BCUT2D eigenvalue weighted by Crippen LogP contribution is 2.29. The molecule has 0 aliphatic heterocycles. The molecule has 4 heterocycles. The van der Waals surface area contributed by atoms with E-state index in [2.05, 4.69) is 25.4 Å². The fourth-order valence-electron chi connectivity index (χ4n) is 3.39. The van der Waals surface area contributed by atoms with Crippen LogP contribution in [0.5, 0.6) is 0 Å². The van der Waals surface area contributed by atoms with Crippen LogP contribution in [0, 0.1) is 6.92 Å². The van der Waals surface area contributed by atoms with E-state index in [1.54, 1.807) is 10.8 Å². The second-order valence-corrected chi connectivity index (χ2v) is 7.06. The van der Waals surface area contributed by atoms with E-state index in [-0.39, 0.29) is 0 Å². The van der Waals surface area contributed by atoms with Crippen LogP contribution in [-0.4, -0.2) is 35.6 Å². The number of fused-ring (bicyclic) bond motifs is 1. The van der Waals surface area contributed by atoms with E-state index in [0.717, 1.165) is 46.4 Å². The number of aromatic amines is 1. The minimum atomic E-state index is 0.616. The monoisotopic (exact) mass is 359 g/mol. The van der Waals surface area contributed by atoms with Crippen molar-refractivity contribution in [1.29, 1.82) is 0 Å². The average molecular weight is 359 g/mol. The minimum absolute atomic E-state index is 0.616. The lowest BCUT2D eigenvalue weighted by Gasteiger charge is -2.25. The predicted octanol–water partition coefficient (Wildman–Crippen LogP) is 3.13. The number of hydrogen-bond acceptors (Lipinski definition) is 5. The summed E-state index contributed by atoms with van der Waals surface area (Å²) in [6, 6.07) is 10.6. The third-order valence-corrected chi connectivity index (χ3v) is 5.11. The van der Waals surface area contributed by atoms with Gasteiger partial charge in [0, 0.05) is 23.5 Å². The third-order valence-electron chi connectivity index (χ3n) is 5.11. The van der Waals surface area contributed by atoms with Gasteiger partial charge in [0.2, 0.25) is 0 Å². The largest absolute Gasteiger partial charge is 0.340 e. The fraction of sp³-hybridized carbons (Fsp3) is 0.300. The van der Waals surface area contributed by atoms with Gasteiger partial charge in [-0.2, -0.15) is 5.10 Å². The summed E-state index contributed by atoms with van der Waals surface area (Å²) < 4.78 is 1.77. The Kier molecular flexibility index (Phi) is 3.94. The normalized spacial score (nSPS) is 14.6. The first-order chi connectivity index (χ1) is 13.3. The molecule has 4 aromatic rings. The maximum Gasteiger partial charge on any atom is 0.155 e. The number of hydrogen-bond donors (Lipinski definition) is 2. The van der Waals surface area contributed by atoms with E-state index >= 15 is 0 Å². The maximum atomic E-state index is 4.87. The van der Waals surface area contributed by atoms with Gasteiger partial charge in [0.25, 0.3) is 0 Å². The lowest BCUT2D eigenvalue weighted by molar-refractivity contribution is 0.336. The fourth-order valence-corrected chi connectivity index (χ4v) is 3.39. The van der Waals surface area contributed by atoms with Gasteiger partial charge in [0.15, 0.2) is 5.65 Å². The molecule has 1 aliphatic carbocycles. The SMILES string of the molecule is Cc1cccc(-c2nc(CNC3CCC3)[nH]c2-c2ccc3ncnn3c2)n1. The zero-order chi connectivity index (χ0) is 18.2. The van der Waals surface area contributed by atoms with Crippen molar-refractivity contribution < 1.29 is 0 Å². The molecule has 27 heavy (non-hydrogen) atoms. The van der Waals surface area contributed by atoms with E-state index in [9.17, 15) is 0 Å². The van der Waals surface area contributed by atoms with Gasteiger partial charge in [-0.1, -0.05) is 12.5 Å². The van der Waals surface area contributed by atoms with Crippen LogP contribution >= 0.6 is 0 Å². The highest BCUT2D eigenvalue weighted by Gasteiger charge is 2.19. The molecule has 0 unspecified atom stereocenters. The highest BCUT2D eigenvalue weighted by molar-refractivity contribution is 5.77. The Balaban J connectivity index is 1.57. The van der Waals surface area contributed by atoms with Gasteiger partial charge in [-0.3, -0.25) is 4.98 Å². The summed E-state index contributed by atoms with van der Waals surface area (Å²) in [6.07, 6.45) is 7.35. The van der Waals surface area contributed by atoms with Crippen molar-refractivity contribution in [3.8, 4) is 22.6 Å². The molecule has 1 fully saturated rings. The van der Waals surface area contributed by atoms with Crippen molar-refractivity contribution in [2.75, 3.05) is 0 Å². The summed E-state index contributed by atoms with van der Waals surface area (Å²) in [7, 11) is 0. The number of imidazole rings is 1. The number of rotatable bonds is 5. The van der Waals surface area contributed by atoms with Crippen molar-refractivity contribution in [3.63, 3.8) is 0 Å². The number of nitrogens with zero attached hydrogens (tertiary/aromatic N) is 5. The molecule has 5 rings (SSSR count). The van der Waals surface area contributed by atoms with Crippen molar-refractivity contribution in [1.82, 2.24) is 34.9 Å². The first-order valence-electron chi connectivity index (χ1n) is 9.32. The number of aromatic nitrogens is 6. The molecule has 1 saturated carbocycles. The molecule has 0 bridgehead atoms. The molecule has 0 spiro atoms. The van der Waals surface area contributed by atoms with Crippen molar-refractivity contribution in [2.24, 2.45) is 0 Å². The molecule has 2 N–H and O–H groups in total. The first-order valence-corrected chi connectivity index (χ1v) is 9.32. The molecule has 4 aromatic heterocycles. The highest BCUT2D eigenvalue weighted by atomic mass is 15.3. The Hall–Kier alpha value is -3.06. The van der Waals surface area contributed by atoms with Crippen LogP contribution in [0.2, 0.25) is 0 Å².